The van der Waals surface area contributed by atoms with Gasteiger partial charge in [-0.2, -0.15) is 0 Å². The fourth-order valence-corrected chi connectivity index (χ4v) is 2.86. The van der Waals surface area contributed by atoms with Gasteiger partial charge < -0.3 is 10.6 Å². The molecule has 1 aliphatic heterocycles. The predicted octanol–water partition coefficient (Wildman–Crippen LogP) is 3.12. The molecule has 1 aliphatic rings. The average molecular weight is 246 g/mol. The van der Waals surface area contributed by atoms with Crippen LogP contribution in [0.3, 0.4) is 0 Å². The van der Waals surface area contributed by atoms with Crippen molar-refractivity contribution in [1.82, 2.24) is 0 Å². The van der Waals surface area contributed by atoms with Crippen LogP contribution in [0.15, 0.2) is 18.2 Å². The molecule has 1 atom stereocenters. The number of nitrogens with zero attached hydrogens (tertiary/aromatic N) is 1. The van der Waals surface area contributed by atoms with E-state index in [0.717, 1.165) is 13.1 Å². The van der Waals surface area contributed by atoms with E-state index in [0.29, 0.717) is 5.92 Å². The molecular weight excluding hydrogens is 220 g/mol. The Morgan fingerprint density at radius 1 is 1.39 bits per heavy atom. The van der Waals surface area contributed by atoms with E-state index in [1.54, 1.807) is 0 Å². The molecule has 2 nitrogen and oxygen atoms in total. The van der Waals surface area contributed by atoms with Crippen molar-refractivity contribution in [2.45, 2.75) is 39.5 Å². The van der Waals surface area contributed by atoms with Crippen molar-refractivity contribution >= 4 is 5.69 Å². The molecule has 1 unspecified atom stereocenters. The number of rotatable bonds is 5. The SMILES string of the molecule is CCC(CN)CCN1CCCc2cc(C)ccc21. The third kappa shape index (κ3) is 3.05. The minimum absolute atomic E-state index is 0.681. The first-order valence-electron chi connectivity index (χ1n) is 7.29. The Balaban J connectivity index is 2.03. The van der Waals surface area contributed by atoms with Crippen LogP contribution in [0.25, 0.3) is 0 Å². The smallest absolute Gasteiger partial charge is 0.0398 e. The molecule has 0 amide bonds. The minimum Gasteiger partial charge on any atom is -0.371 e. The second-order valence-electron chi connectivity index (χ2n) is 5.52. The first-order valence-corrected chi connectivity index (χ1v) is 7.29. The Labute approximate surface area is 111 Å². The number of fused-ring (bicyclic) bond motifs is 1. The first-order chi connectivity index (χ1) is 8.74. The summed E-state index contributed by atoms with van der Waals surface area (Å²) in [6.07, 6.45) is 4.95. The third-order valence-corrected chi connectivity index (χ3v) is 4.17. The molecule has 1 aromatic carbocycles. The summed E-state index contributed by atoms with van der Waals surface area (Å²) < 4.78 is 0. The average Bonchev–Trinajstić information content (AvgIpc) is 2.39. The van der Waals surface area contributed by atoms with E-state index < -0.39 is 0 Å². The van der Waals surface area contributed by atoms with E-state index in [9.17, 15) is 0 Å². The number of aryl methyl sites for hydroxylation is 2. The predicted molar refractivity (Wildman–Crippen MR) is 79.2 cm³/mol. The van der Waals surface area contributed by atoms with Crippen molar-refractivity contribution in [2.24, 2.45) is 11.7 Å². The van der Waals surface area contributed by atoms with Gasteiger partial charge in [0.1, 0.15) is 0 Å². The van der Waals surface area contributed by atoms with Crippen molar-refractivity contribution < 1.29 is 0 Å². The molecule has 0 aliphatic carbocycles. The summed E-state index contributed by atoms with van der Waals surface area (Å²) in [6.45, 7) is 7.61. The lowest BCUT2D eigenvalue weighted by Gasteiger charge is -2.32. The number of nitrogens with two attached hydrogens (primary N) is 1. The zero-order chi connectivity index (χ0) is 13.0. The number of hydrogen-bond donors (Lipinski definition) is 1. The van der Waals surface area contributed by atoms with Gasteiger partial charge in [0.15, 0.2) is 0 Å². The monoisotopic (exact) mass is 246 g/mol. The lowest BCUT2D eigenvalue weighted by atomic mass is 9.97. The van der Waals surface area contributed by atoms with Crippen molar-refractivity contribution in [1.29, 1.82) is 0 Å². The van der Waals surface area contributed by atoms with Gasteiger partial charge in [-0.05, 0) is 50.3 Å². The molecule has 100 valence electrons. The van der Waals surface area contributed by atoms with Gasteiger partial charge in [-0.1, -0.05) is 31.0 Å². The van der Waals surface area contributed by atoms with Crippen LogP contribution >= 0.6 is 0 Å². The van der Waals surface area contributed by atoms with Gasteiger partial charge >= 0.3 is 0 Å². The molecule has 0 radical (unpaired) electrons. The fourth-order valence-electron chi connectivity index (χ4n) is 2.86. The topological polar surface area (TPSA) is 29.3 Å². The maximum Gasteiger partial charge on any atom is 0.0398 e. The highest BCUT2D eigenvalue weighted by molar-refractivity contribution is 5.56. The molecular formula is C16H26N2. The lowest BCUT2D eigenvalue weighted by molar-refractivity contribution is 0.474. The molecule has 0 spiro atoms. The van der Waals surface area contributed by atoms with Crippen LogP contribution in [0.4, 0.5) is 5.69 Å². The fraction of sp³-hybridized carbons (Fsp3) is 0.625. The second-order valence-corrected chi connectivity index (χ2v) is 5.52. The summed E-state index contributed by atoms with van der Waals surface area (Å²) >= 11 is 0. The van der Waals surface area contributed by atoms with Gasteiger partial charge in [-0.3, -0.25) is 0 Å². The third-order valence-electron chi connectivity index (χ3n) is 4.17. The molecule has 2 rings (SSSR count). The van der Waals surface area contributed by atoms with E-state index in [-0.39, 0.29) is 0 Å². The van der Waals surface area contributed by atoms with E-state index in [2.05, 4.69) is 36.9 Å². The number of anilines is 1. The molecule has 1 heterocycles. The van der Waals surface area contributed by atoms with Gasteiger partial charge in [-0.25, -0.2) is 0 Å². The molecule has 18 heavy (non-hydrogen) atoms. The lowest BCUT2D eigenvalue weighted by Crippen LogP contribution is -2.32. The Kier molecular flexibility index (Phi) is 4.65. The van der Waals surface area contributed by atoms with Crippen molar-refractivity contribution in [3.63, 3.8) is 0 Å². The molecule has 0 saturated carbocycles. The van der Waals surface area contributed by atoms with Gasteiger partial charge in [0.25, 0.3) is 0 Å². The van der Waals surface area contributed by atoms with Crippen molar-refractivity contribution in [3.05, 3.63) is 29.3 Å². The molecule has 0 aromatic heterocycles. The molecule has 0 fully saturated rings. The summed E-state index contributed by atoms with van der Waals surface area (Å²) in [4.78, 5) is 2.55. The number of hydrogen-bond acceptors (Lipinski definition) is 2. The van der Waals surface area contributed by atoms with E-state index in [1.807, 2.05) is 0 Å². The Bertz CT molecular complexity index is 383. The van der Waals surface area contributed by atoms with Crippen LogP contribution in [0.5, 0.6) is 0 Å². The van der Waals surface area contributed by atoms with Crippen LogP contribution in [-0.2, 0) is 6.42 Å². The molecule has 1 aromatic rings. The van der Waals surface area contributed by atoms with Crippen LogP contribution in [0.1, 0.15) is 37.3 Å². The maximum atomic E-state index is 5.79. The zero-order valence-electron chi connectivity index (χ0n) is 11.8. The van der Waals surface area contributed by atoms with Gasteiger partial charge in [0.2, 0.25) is 0 Å². The normalized spacial score (nSPS) is 16.5. The zero-order valence-corrected chi connectivity index (χ0v) is 11.8. The largest absolute Gasteiger partial charge is 0.371 e. The van der Waals surface area contributed by atoms with Crippen LogP contribution in [0.2, 0.25) is 0 Å². The maximum absolute atomic E-state index is 5.79. The quantitative estimate of drug-likeness (QED) is 0.865. The van der Waals surface area contributed by atoms with Gasteiger partial charge in [0, 0.05) is 18.8 Å². The second kappa shape index (κ2) is 6.24. The Hall–Kier alpha value is -1.02. The van der Waals surface area contributed by atoms with Crippen LogP contribution < -0.4 is 10.6 Å². The standard InChI is InChI=1S/C16H26N2/c1-3-14(12-17)8-10-18-9-4-5-15-11-13(2)6-7-16(15)18/h6-7,11,14H,3-5,8-10,12,17H2,1-2H3. The number of benzene rings is 1. The van der Waals surface area contributed by atoms with Crippen molar-refractivity contribution in [3.8, 4) is 0 Å². The summed E-state index contributed by atoms with van der Waals surface area (Å²) in [6, 6.07) is 6.88. The van der Waals surface area contributed by atoms with Gasteiger partial charge in [0.05, 0.1) is 0 Å². The van der Waals surface area contributed by atoms with E-state index in [4.69, 9.17) is 5.73 Å². The summed E-state index contributed by atoms with van der Waals surface area (Å²) in [5.41, 5.74) is 10.2. The van der Waals surface area contributed by atoms with Crippen molar-refractivity contribution in [2.75, 3.05) is 24.5 Å². The van der Waals surface area contributed by atoms with Crippen LogP contribution in [-0.4, -0.2) is 19.6 Å². The van der Waals surface area contributed by atoms with Gasteiger partial charge in [-0.15, -0.1) is 0 Å². The highest BCUT2D eigenvalue weighted by Crippen LogP contribution is 2.28. The van der Waals surface area contributed by atoms with E-state index in [1.165, 1.54) is 49.0 Å². The summed E-state index contributed by atoms with van der Waals surface area (Å²) in [7, 11) is 0. The highest BCUT2D eigenvalue weighted by Gasteiger charge is 2.17. The molecule has 0 bridgehead atoms. The minimum atomic E-state index is 0.681. The molecule has 2 heteroatoms. The van der Waals surface area contributed by atoms with Crippen LogP contribution in [0, 0.1) is 12.8 Å². The Morgan fingerprint density at radius 2 is 2.22 bits per heavy atom. The molecule has 0 saturated heterocycles. The first kappa shape index (κ1) is 13.4. The highest BCUT2D eigenvalue weighted by atomic mass is 15.1. The van der Waals surface area contributed by atoms with E-state index >= 15 is 0 Å². The summed E-state index contributed by atoms with van der Waals surface area (Å²) in [5, 5.41) is 0. The molecule has 2 N–H and O–H groups in total. The summed E-state index contributed by atoms with van der Waals surface area (Å²) in [5.74, 6) is 0.681. The Morgan fingerprint density at radius 3 is 2.94 bits per heavy atom.